The van der Waals surface area contributed by atoms with Crippen LogP contribution in [0.5, 0.6) is 0 Å². The average molecular weight is 241 g/mol. The molecular formula is C17H23N. The third-order valence-corrected chi connectivity index (χ3v) is 3.64. The molecule has 1 heterocycles. The molecule has 1 aromatic carbocycles. The molecule has 1 nitrogen and oxygen atoms in total. The minimum absolute atomic E-state index is 0.00372. The summed E-state index contributed by atoms with van der Waals surface area (Å²) in [5, 5.41) is 3.56. The maximum Gasteiger partial charge on any atom is 0.0807 e. The van der Waals surface area contributed by atoms with Gasteiger partial charge in [0.2, 0.25) is 0 Å². The van der Waals surface area contributed by atoms with Crippen molar-refractivity contribution in [3.8, 4) is 0 Å². The molecule has 1 aromatic rings. The second kappa shape index (κ2) is 6.44. The van der Waals surface area contributed by atoms with Crippen molar-refractivity contribution in [3.63, 3.8) is 0 Å². The van der Waals surface area contributed by atoms with Crippen LogP contribution in [0.15, 0.2) is 54.8 Å². The van der Waals surface area contributed by atoms with E-state index < -0.39 is 0 Å². The maximum atomic E-state index is 3.56. The molecule has 0 bridgehead atoms. The molecule has 0 aliphatic carbocycles. The van der Waals surface area contributed by atoms with Crippen molar-refractivity contribution in [1.82, 2.24) is 5.32 Å². The summed E-state index contributed by atoms with van der Waals surface area (Å²) in [6.45, 7) is 2.26. The van der Waals surface area contributed by atoms with Crippen LogP contribution in [0.4, 0.5) is 0 Å². The van der Waals surface area contributed by atoms with Gasteiger partial charge in [0.05, 0.1) is 5.54 Å². The highest BCUT2D eigenvalue weighted by atomic mass is 15.0. The van der Waals surface area contributed by atoms with Crippen LogP contribution in [-0.4, -0.2) is 0 Å². The Bertz CT molecular complexity index is 405. The molecule has 18 heavy (non-hydrogen) atoms. The highest BCUT2D eigenvalue weighted by molar-refractivity contribution is 5.33. The molecule has 1 aliphatic heterocycles. The van der Waals surface area contributed by atoms with Gasteiger partial charge in [0.15, 0.2) is 0 Å². The van der Waals surface area contributed by atoms with Crippen LogP contribution < -0.4 is 5.32 Å². The van der Waals surface area contributed by atoms with Crippen LogP contribution in [0.25, 0.3) is 0 Å². The first-order chi connectivity index (χ1) is 8.87. The monoisotopic (exact) mass is 241 g/mol. The van der Waals surface area contributed by atoms with E-state index in [2.05, 4.69) is 67.0 Å². The number of unbranched alkanes of at least 4 members (excludes halogenated alkanes) is 3. The summed E-state index contributed by atoms with van der Waals surface area (Å²) in [5.41, 5.74) is 1.37. The second-order valence-corrected chi connectivity index (χ2v) is 5.01. The summed E-state index contributed by atoms with van der Waals surface area (Å²) >= 11 is 0. The number of nitrogens with one attached hydrogen (secondary N) is 1. The Hall–Kier alpha value is -1.50. The van der Waals surface area contributed by atoms with Gasteiger partial charge in [-0.3, -0.25) is 0 Å². The molecular weight excluding hydrogens is 218 g/mol. The van der Waals surface area contributed by atoms with Crippen molar-refractivity contribution in [3.05, 3.63) is 60.3 Å². The van der Waals surface area contributed by atoms with Crippen molar-refractivity contribution in [1.29, 1.82) is 0 Å². The van der Waals surface area contributed by atoms with Crippen LogP contribution in [0, 0.1) is 0 Å². The van der Waals surface area contributed by atoms with E-state index in [0.29, 0.717) is 0 Å². The molecule has 96 valence electrons. The van der Waals surface area contributed by atoms with Crippen molar-refractivity contribution >= 4 is 0 Å². The number of benzene rings is 1. The van der Waals surface area contributed by atoms with Crippen LogP contribution >= 0.6 is 0 Å². The Morgan fingerprint density at radius 2 is 1.83 bits per heavy atom. The van der Waals surface area contributed by atoms with Gasteiger partial charge >= 0.3 is 0 Å². The van der Waals surface area contributed by atoms with Crippen LogP contribution in [0.2, 0.25) is 0 Å². The third kappa shape index (κ3) is 3.04. The number of hydrogen-bond acceptors (Lipinski definition) is 1. The second-order valence-electron chi connectivity index (χ2n) is 5.01. The highest BCUT2D eigenvalue weighted by Crippen LogP contribution is 2.30. The van der Waals surface area contributed by atoms with Crippen molar-refractivity contribution < 1.29 is 0 Å². The minimum atomic E-state index is 0.00372. The largest absolute Gasteiger partial charge is 0.378 e. The van der Waals surface area contributed by atoms with Crippen LogP contribution in [0.1, 0.15) is 44.6 Å². The molecule has 0 spiro atoms. The molecule has 1 unspecified atom stereocenters. The quantitative estimate of drug-likeness (QED) is 0.722. The number of hydrogen-bond donors (Lipinski definition) is 1. The first-order valence-electron chi connectivity index (χ1n) is 7.05. The maximum absolute atomic E-state index is 3.56. The van der Waals surface area contributed by atoms with Gasteiger partial charge in [0.25, 0.3) is 0 Å². The molecule has 0 saturated carbocycles. The van der Waals surface area contributed by atoms with Gasteiger partial charge in [0.1, 0.15) is 0 Å². The van der Waals surface area contributed by atoms with Gasteiger partial charge in [0, 0.05) is 0 Å². The van der Waals surface area contributed by atoms with Crippen molar-refractivity contribution in [2.24, 2.45) is 0 Å². The zero-order valence-electron chi connectivity index (χ0n) is 11.2. The predicted molar refractivity (Wildman–Crippen MR) is 78.3 cm³/mol. The van der Waals surface area contributed by atoms with Crippen molar-refractivity contribution in [2.75, 3.05) is 0 Å². The van der Waals surface area contributed by atoms with E-state index in [9.17, 15) is 0 Å². The van der Waals surface area contributed by atoms with E-state index in [0.717, 1.165) is 6.42 Å². The van der Waals surface area contributed by atoms with Gasteiger partial charge in [-0.2, -0.15) is 0 Å². The number of allylic oxidation sites excluding steroid dienone is 2. The van der Waals surface area contributed by atoms with E-state index >= 15 is 0 Å². The molecule has 1 N–H and O–H groups in total. The normalized spacial score (nSPS) is 21.8. The highest BCUT2D eigenvalue weighted by Gasteiger charge is 2.27. The van der Waals surface area contributed by atoms with E-state index in [1.807, 2.05) is 0 Å². The Labute approximate surface area is 111 Å². The van der Waals surface area contributed by atoms with Gasteiger partial charge in [-0.1, -0.05) is 75.1 Å². The summed E-state index contributed by atoms with van der Waals surface area (Å²) in [6.07, 6.45) is 15.0. The zero-order chi connectivity index (χ0) is 12.7. The molecule has 1 heteroatoms. The average Bonchev–Trinajstić information content (AvgIpc) is 2.46. The summed E-state index contributed by atoms with van der Waals surface area (Å²) in [5.74, 6) is 0. The van der Waals surface area contributed by atoms with Crippen molar-refractivity contribution in [2.45, 2.75) is 44.6 Å². The Morgan fingerprint density at radius 1 is 1.00 bits per heavy atom. The lowest BCUT2D eigenvalue weighted by Gasteiger charge is -2.34. The lowest BCUT2D eigenvalue weighted by atomic mass is 9.83. The fraction of sp³-hybridized carbons (Fsp3) is 0.412. The zero-order valence-corrected chi connectivity index (χ0v) is 11.2. The summed E-state index contributed by atoms with van der Waals surface area (Å²) in [7, 11) is 0. The molecule has 0 amide bonds. The molecule has 0 radical (unpaired) electrons. The summed E-state index contributed by atoms with van der Waals surface area (Å²) in [6, 6.07) is 10.8. The number of rotatable bonds is 6. The summed E-state index contributed by atoms with van der Waals surface area (Å²) in [4.78, 5) is 0. The SMILES string of the molecule is CCCCCCC1(c2ccccc2)C=CC=CN1. The van der Waals surface area contributed by atoms with Gasteiger partial charge in [-0.15, -0.1) is 0 Å². The van der Waals surface area contributed by atoms with E-state index in [1.165, 1.54) is 31.2 Å². The van der Waals surface area contributed by atoms with E-state index in [1.54, 1.807) is 0 Å². The standard InChI is InChI=1S/C17H23N/c1-2-3-4-8-13-17(14-9-10-15-18-17)16-11-6-5-7-12-16/h5-7,9-12,14-15,18H,2-4,8,13H2,1H3. The Balaban J connectivity index is 2.09. The summed E-state index contributed by atoms with van der Waals surface area (Å²) < 4.78 is 0. The molecule has 0 saturated heterocycles. The van der Waals surface area contributed by atoms with Gasteiger partial charge in [-0.05, 0) is 24.3 Å². The minimum Gasteiger partial charge on any atom is -0.378 e. The topological polar surface area (TPSA) is 12.0 Å². The number of dihydropyridines is 1. The first-order valence-corrected chi connectivity index (χ1v) is 7.05. The molecule has 0 fully saturated rings. The van der Waals surface area contributed by atoms with Gasteiger partial charge < -0.3 is 5.32 Å². The molecule has 1 atom stereocenters. The fourth-order valence-corrected chi connectivity index (χ4v) is 2.57. The Morgan fingerprint density at radius 3 is 2.50 bits per heavy atom. The molecule has 2 rings (SSSR count). The lowest BCUT2D eigenvalue weighted by molar-refractivity contribution is 0.410. The van der Waals surface area contributed by atoms with E-state index in [4.69, 9.17) is 0 Å². The molecule has 0 aromatic heterocycles. The predicted octanol–water partition coefficient (Wildman–Crippen LogP) is 4.53. The molecule has 1 aliphatic rings. The smallest absolute Gasteiger partial charge is 0.0807 e. The van der Waals surface area contributed by atoms with Crippen LogP contribution in [-0.2, 0) is 5.54 Å². The third-order valence-electron chi connectivity index (χ3n) is 3.64. The first kappa shape index (κ1) is 12.9. The van der Waals surface area contributed by atoms with Crippen LogP contribution in [0.3, 0.4) is 0 Å². The van der Waals surface area contributed by atoms with Gasteiger partial charge in [-0.25, -0.2) is 0 Å². The Kier molecular flexibility index (Phi) is 4.63. The fourth-order valence-electron chi connectivity index (χ4n) is 2.57. The lowest BCUT2D eigenvalue weighted by Crippen LogP contribution is -2.38. The van der Waals surface area contributed by atoms with E-state index in [-0.39, 0.29) is 5.54 Å².